The molecule has 1 heterocycles. The fourth-order valence-electron chi connectivity index (χ4n) is 1.93. The highest BCUT2D eigenvalue weighted by molar-refractivity contribution is 5.25. The van der Waals surface area contributed by atoms with Gasteiger partial charge in [-0.2, -0.15) is 5.10 Å². The molecule has 1 aliphatic carbocycles. The summed E-state index contributed by atoms with van der Waals surface area (Å²) in [5.41, 5.74) is 0.273. The Hall–Kier alpha value is -1.09. The molecule has 0 amide bonds. The summed E-state index contributed by atoms with van der Waals surface area (Å²) in [6.07, 6.45) is 9.39. The molecule has 1 unspecified atom stereocenters. The molecule has 1 aromatic rings. The largest absolute Gasteiger partial charge is 0.381 e. The highest BCUT2D eigenvalue weighted by atomic mass is 16.3. The molecule has 0 saturated carbocycles. The van der Waals surface area contributed by atoms with Gasteiger partial charge in [0, 0.05) is 18.8 Å². The molecule has 3 nitrogen and oxygen atoms in total. The zero-order chi connectivity index (χ0) is 11.1. The first-order chi connectivity index (χ1) is 6.91. The number of nitrogens with zero attached hydrogens (tertiary/aromatic N) is 2. The molecule has 0 spiro atoms. The van der Waals surface area contributed by atoms with Crippen molar-refractivity contribution in [2.24, 2.45) is 12.5 Å². The fourth-order valence-corrected chi connectivity index (χ4v) is 1.93. The molecular weight excluding hydrogens is 188 g/mol. The summed E-state index contributed by atoms with van der Waals surface area (Å²) in [5.74, 6) is 0. The minimum atomic E-state index is -0.816. The second-order valence-corrected chi connectivity index (χ2v) is 5.15. The van der Waals surface area contributed by atoms with Gasteiger partial charge in [0.15, 0.2) is 0 Å². The first kappa shape index (κ1) is 10.4. The SMILES string of the molecule is Cn1cc(C2(O)C=CC(C)(C)CC2)cn1. The first-order valence-electron chi connectivity index (χ1n) is 5.33. The number of aliphatic hydroxyl groups is 1. The predicted molar refractivity (Wildman–Crippen MR) is 59.3 cm³/mol. The van der Waals surface area contributed by atoms with E-state index in [-0.39, 0.29) is 5.41 Å². The molecular formula is C12H18N2O. The Morgan fingerprint density at radius 3 is 2.53 bits per heavy atom. The van der Waals surface area contributed by atoms with Gasteiger partial charge in [0.2, 0.25) is 0 Å². The Morgan fingerprint density at radius 2 is 2.07 bits per heavy atom. The first-order valence-corrected chi connectivity index (χ1v) is 5.33. The van der Waals surface area contributed by atoms with E-state index in [0.29, 0.717) is 0 Å². The van der Waals surface area contributed by atoms with Crippen LogP contribution in [0.1, 0.15) is 32.3 Å². The van der Waals surface area contributed by atoms with Gasteiger partial charge in [0.1, 0.15) is 5.60 Å². The van der Waals surface area contributed by atoms with E-state index in [0.717, 1.165) is 18.4 Å². The van der Waals surface area contributed by atoms with Crippen LogP contribution in [0.25, 0.3) is 0 Å². The van der Waals surface area contributed by atoms with Crippen molar-refractivity contribution in [1.29, 1.82) is 0 Å². The maximum absolute atomic E-state index is 10.4. The third-order valence-corrected chi connectivity index (χ3v) is 3.17. The molecule has 0 radical (unpaired) electrons. The minimum Gasteiger partial charge on any atom is -0.381 e. The summed E-state index contributed by atoms with van der Waals surface area (Å²) in [6.45, 7) is 4.37. The molecule has 0 aromatic carbocycles. The summed E-state index contributed by atoms with van der Waals surface area (Å²) in [5, 5.41) is 14.5. The summed E-state index contributed by atoms with van der Waals surface area (Å²) < 4.78 is 1.72. The number of allylic oxidation sites excluding steroid dienone is 1. The number of hydrogen-bond acceptors (Lipinski definition) is 2. The van der Waals surface area contributed by atoms with Gasteiger partial charge in [0.05, 0.1) is 6.20 Å². The number of hydrogen-bond donors (Lipinski definition) is 1. The minimum absolute atomic E-state index is 0.203. The lowest BCUT2D eigenvalue weighted by Gasteiger charge is -2.34. The Labute approximate surface area is 90.4 Å². The van der Waals surface area contributed by atoms with Crippen molar-refractivity contribution < 1.29 is 5.11 Å². The van der Waals surface area contributed by atoms with Crippen LogP contribution in [0.2, 0.25) is 0 Å². The molecule has 82 valence electrons. The fraction of sp³-hybridized carbons (Fsp3) is 0.583. The van der Waals surface area contributed by atoms with Gasteiger partial charge in [-0.1, -0.05) is 26.0 Å². The van der Waals surface area contributed by atoms with E-state index < -0.39 is 5.60 Å². The standard InChI is InChI=1S/C12H18N2O/c1-11(2)4-6-12(15,7-5-11)10-8-13-14(3)9-10/h4,6,8-9,15H,5,7H2,1-3H3. The Morgan fingerprint density at radius 1 is 1.33 bits per heavy atom. The van der Waals surface area contributed by atoms with Crippen LogP contribution in [0.5, 0.6) is 0 Å². The highest BCUT2D eigenvalue weighted by Gasteiger charge is 2.34. The molecule has 15 heavy (non-hydrogen) atoms. The number of aryl methyl sites for hydroxylation is 1. The summed E-state index contributed by atoms with van der Waals surface area (Å²) >= 11 is 0. The average Bonchev–Trinajstić information content (AvgIpc) is 2.59. The van der Waals surface area contributed by atoms with Gasteiger partial charge in [-0.15, -0.1) is 0 Å². The normalized spacial score (nSPS) is 29.3. The van der Waals surface area contributed by atoms with Crippen LogP contribution in [0.3, 0.4) is 0 Å². The molecule has 0 saturated heterocycles. The van der Waals surface area contributed by atoms with Gasteiger partial charge in [-0.05, 0) is 18.3 Å². The van der Waals surface area contributed by atoms with Crippen molar-refractivity contribution >= 4 is 0 Å². The second kappa shape index (κ2) is 3.20. The van der Waals surface area contributed by atoms with Crippen molar-refractivity contribution in [3.63, 3.8) is 0 Å². The lowest BCUT2D eigenvalue weighted by molar-refractivity contribution is 0.0581. The van der Waals surface area contributed by atoms with E-state index in [9.17, 15) is 5.11 Å². The Bertz CT molecular complexity index is 392. The summed E-state index contributed by atoms with van der Waals surface area (Å²) in [6, 6.07) is 0. The lowest BCUT2D eigenvalue weighted by Crippen LogP contribution is -2.29. The van der Waals surface area contributed by atoms with Crippen LogP contribution in [0.15, 0.2) is 24.5 Å². The Kier molecular flexibility index (Phi) is 2.23. The summed E-state index contributed by atoms with van der Waals surface area (Å²) in [7, 11) is 1.86. The molecule has 2 rings (SSSR count). The molecule has 0 aliphatic heterocycles. The molecule has 0 bridgehead atoms. The van der Waals surface area contributed by atoms with Gasteiger partial charge in [-0.3, -0.25) is 4.68 Å². The molecule has 0 fully saturated rings. The van der Waals surface area contributed by atoms with Gasteiger partial charge < -0.3 is 5.11 Å². The molecule has 1 atom stereocenters. The second-order valence-electron chi connectivity index (χ2n) is 5.15. The number of rotatable bonds is 1. The van der Waals surface area contributed by atoms with Crippen LogP contribution in [-0.2, 0) is 12.6 Å². The molecule has 1 aliphatic rings. The van der Waals surface area contributed by atoms with Gasteiger partial charge in [-0.25, -0.2) is 0 Å². The smallest absolute Gasteiger partial charge is 0.111 e. The van der Waals surface area contributed by atoms with E-state index in [1.165, 1.54) is 0 Å². The monoisotopic (exact) mass is 206 g/mol. The zero-order valence-corrected chi connectivity index (χ0v) is 9.57. The van der Waals surface area contributed by atoms with Crippen molar-refractivity contribution in [3.05, 3.63) is 30.1 Å². The van der Waals surface area contributed by atoms with Crippen LogP contribution in [0.4, 0.5) is 0 Å². The van der Waals surface area contributed by atoms with Crippen LogP contribution in [0, 0.1) is 5.41 Å². The van der Waals surface area contributed by atoms with Crippen LogP contribution in [-0.4, -0.2) is 14.9 Å². The topological polar surface area (TPSA) is 38.0 Å². The maximum atomic E-state index is 10.4. The van der Waals surface area contributed by atoms with E-state index >= 15 is 0 Å². The predicted octanol–water partition coefficient (Wildman–Crippen LogP) is 1.98. The lowest BCUT2D eigenvalue weighted by atomic mass is 9.75. The number of aromatic nitrogens is 2. The van der Waals surface area contributed by atoms with Crippen molar-refractivity contribution in [2.45, 2.75) is 32.3 Å². The Balaban J connectivity index is 2.30. The zero-order valence-electron chi connectivity index (χ0n) is 9.57. The van der Waals surface area contributed by atoms with E-state index in [4.69, 9.17) is 0 Å². The van der Waals surface area contributed by atoms with Gasteiger partial charge >= 0.3 is 0 Å². The van der Waals surface area contributed by atoms with Gasteiger partial charge in [0.25, 0.3) is 0 Å². The van der Waals surface area contributed by atoms with Crippen molar-refractivity contribution in [1.82, 2.24) is 9.78 Å². The van der Waals surface area contributed by atoms with E-state index in [1.54, 1.807) is 10.9 Å². The van der Waals surface area contributed by atoms with Crippen molar-refractivity contribution in [3.8, 4) is 0 Å². The van der Waals surface area contributed by atoms with E-state index in [2.05, 4.69) is 25.0 Å². The van der Waals surface area contributed by atoms with Crippen molar-refractivity contribution in [2.75, 3.05) is 0 Å². The summed E-state index contributed by atoms with van der Waals surface area (Å²) in [4.78, 5) is 0. The van der Waals surface area contributed by atoms with Crippen LogP contribution >= 0.6 is 0 Å². The highest BCUT2D eigenvalue weighted by Crippen LogP contribution is 2.39. The van der Waals surface area contributed by atoms with E-state index in [1.807, 2.05) is 19.3 Å². The molecule has 1 N–H and O–H groups in total. The third kappa shape index (κ3) is 1.97. The van der Waals surface area contributed by atoms with Crippen LogP contribution < -0.4 is 0 Å². The quantitative estimate of drug-likeness (QED) is 0.713. The maximum Gasteiger partial charge on any atom is 0.111 e. The average molecular weight is 206 g/mol. The molecule has 1 aromatic heterocycles. The molecule has 3 heteroatoms. The third-order valence-electron chi connectivity index (χ3n) is 3.17.